The van der Waals surface area contributed by atoms with Crippen molar-refractivity contribution in [3.05, 3.63) is 61.9 Å². The maximum absolute atomic E-state index is 12.2. The third kappa shape index (κ3) is 4.09. The quantitative estimate of drug-likeness (QED) is 0.733. The lowest BCUT2D eigenvalue weighted by Gasteiger charge is -2.26. The van der Waals surface area contributed by atoms with Gasteiger partial charge >= 0.3 is 12.0 Å². The van der Waals surface area contributed by atoms with Gasteiger partial charge in [-0.05, 0) is 32.0 Å². The first kappa shape index (κ1) is 19.3. The van der Waals surface area contributed by atoms with Crippen molar-refractivity contribution in [2.45, 2.75) is 26.5 Å². The van der Waals surface area contributed by atoms with Gasteiger partial charge < -0.3 is 20.1 Å². The fourth-order valence-electron chi connectivity index (χ4n) is 2.84. The van der Waals surface area contributed by atoms with Crippen LogP contribution in [0.3, 0.4) is 0 Å². The van der Waals surface area contributed by atoms with Crippen molar-refractivity contribution in [1.82, 2.24) is 10.6 Å². The van der Waals surface area contributed by atoms with E-state index in [9.17, 15) is 9.59 Å². The number of amides is 2. The van der Waals surface area contributed by atoms with Crippen molar-refractivity contribution in [2.75, 3.05) is 7.11 Å². The molecular formula is C19H19ClN2O4S. The van der Waals surface area contributed by atoms with Crippen LogP contribution in [0.15, 0.2) is 41.6 Å². The van der Waals surface area contributed by atoms with Gasteiger partial charge in [-0.3, -0.25) is 0 Å². The predicted molar refractivity (Wildman–Crippen MR) is 104 cm³/mol. The number of halogens is 1. The number of carbonyl (C=O) groups excluding carboxylic acids is 2. The predicted octanol–water partition coefficient (Wildman–Crippen LogP) is 4.09. The Kier molecular flexibility index (Phi) is 5.72. The molecule has 0 aliphatic carbocycles. The summed E-state index contributed by atoms with van der Waals surface area (Å²) in [5, 5.41) is 5.95. The second kappa shape index (κ2) is 8.02. The van der Waals surface area contributed by atoms with E-state index in [2.05, 4.69) is 10.6 Å². The minimum absolute atomic E-state index is 0.335. The highest BCUT2D eigenvalue weighted by Crippen LogP contribution is 2.35. The van der Waals surface area contributed by atoms with Crippen molar-refractivity contribution in [3.8, 4) is 5.75 Å². The number of allylic oxidation sites excluding steroid dienone is 1. The molecule has 142 valence electrons. The van der Waals surface area contributed by atoms with E-state index in [-0.39, 0.29) is 6.03 Å². The summed E-state index contributed by atoms with van der Waals surface area (Å²) in [4.78, 5) is 26.0. The minimum atomic E-state index is -0.566. The SMILES string of the molecule is COC(=O)C1=C(C)NC(=O)NC1c1cc(COc2ccccc2Cl)c(C)s1. The topological polar surface area (TPSA) is 76.7 Å². The number of thiophene rings is 1. The molecule has 1 aromatic heterocycles. The Morgan fingerprint density at radius 1 is 1.30 bits per heavy atom. The van der Waals surface area contributed by atoms with Crippen LogP contribution in [0.1, 0.15) is 28.3 Å². The van der Waals surface area contributed by atoms with Crippen LogP contribution in [0, 0.1) is 6.92 Å². The van der Waals surface area contributed by atoms with Crippen LogP contribution >= 0.6 is 22.9 Å². The smallest absolute Gasteiger partial charge is 0.338 e. The van der Waals surface area contributed by atoms with Crippen LogP contribution in [0.25, 0.3) is 0 Å². The molecular weight excluding hydrogens is 388 g/mol. The van der Waals surface area contributed by atoms with Gasteiger partial charge in [0.1, 0.15) is 12.4 Å². The highest BCUT2D eigenvalue weighted by atomic mass is 35.5. The second-order valence-corrected chi connectivity index (χ2v) is 7.71. The molecule has 1 aliphatic heterocycles. The molecule has 0 saturated carbocycles. The Balaban J connectivity index is 1.86. The van der Waals surface area contributed by atoms with E-state index in [0.29, 0.717) is 28.6 Å². The lowest BCUT2D eigenvalue weighted by Crippen LogP contribution is -2.45. The van der Waals surface area contributed by atoms with Crippen LogP contribution in [0.4, 0.5) is 4.79 Å². The number of urea groups is 1. The fourth-order valence-corrected chi connectivity index (χ4v) is 4.12. The summed E-state index contributed by atoms with van der Waals surface area (Å²) < 4.78 is 10.7. The van der Waals surface area contributed by atoms with Gasteiger partial charge in [-0.25, -0.2) is 9.59 Å². The minimum Gasteiger partial charge on any atom is -0.487 e. The van der Waals surface area contributed by atoms with E-state index >= 15 is 0 Å². The zero-order valence-electron chi connectivity index (χ0n) is 15.1. The maximum Gasteiger partial charge on any atom is 0.338 e. The largest absolute Gasteiger partial charge is 0.487 e. The Morgan fingerprint density at radius 3 is 2.74 bits per heavy atom. The number of benzene rings is 1. The summed E-state index contributed by atoms with van der Waals surface area (Å²) in [6.07, 6.45) is 0. The summed E-state index contributed by atoms with van der Waals surface area (Å²) in [7, 11) is 1.32. The molecule has 0 fully saturated rings. The normalized spacial score (nSPS) is 16.6. The van der Waals surface area contributed by atoms with E-state index in [0.717, 1.165) is 15.3 Å². The van der Waals surface area contributed by atoms with Crippen LogP contribution in [0.2, 0.25) is 5.02 Å². The van der Waals surface area contributed by atoms with Gasteiger partial charge in [0.25, 0.3) is 0 Å². The summed E-state index contributed by atoms with van der Waals surface area (Å²) >= 11 is 7.62. The maximum atomic E-state index is 12.2. The molecule has 2 aromatic rings. The third-order valence-corrected chi connectivity index (χ3v) is 5.69. The number of hydrogen-bond acceptors (Lipinski definition) is 5. The van der Waals surface area contributed by atoms with E-state index in [1.54, 1.807) is 19.1 Å². The zero-order chi connectivity index (χ0) is 19.6. The van der Waals surface area contributed by atoms with Crippen LogP contribution in [-0.4, -0.2) is 19.1 Å². The van der Waals surface area contributed by atoms with Crippen LogP contribution in [0.5, 0.6) is 5.75 Å². The number of ether oxygens (including phenoxy) is 2. The summed E-state index contributed by atoms with van der Waals surface area (Å²) in [5.74, 6) is 0.123. The number of carbonyl (C=O) groups is 2. The number of methoxy groups -OCH3 is 1. The molecule has 1 atom stereocenters. The average Bonchev–Trinajstić information content (AvgIpc) is 3.00. The second-order valence-electron chi connectivity index (χ2n) is 6.01. The molecule has 27 heavy (non-hydrogen) atoms. The standard InChI is InChI=1S/C19H19ClN2O4S/c1-10-16(18(23)25-3)17(22-19(24)21-10)15-8-12(11(2)27-15)9-26-14-7-5-4-6-13(14)20/h4-8,17H,9H2,1-3H3,(H2,21,22,24). The fraction of sp³-hybridized carbons (Fsp3) is 0.263. The van der Waals surface area contributed by atoms with Gasteiger partial charge in [0.15, 0.2) is 0 Å². The lowest BCUT2D eigenvalue weighted by atomic mass is 10.0. The molecule has 0 bridgehead atoms. The Hall–Kier alpha value is -2.51. The van der Waals surface area contributed by atoms with Gasteiger partial charge in [0.05, 0.1) is 23.7 Å². The number of nitrogens with one attached hydrogen (secondary N) is 2. The van der Waals surface area contributed by atoms with Crippen LogP contribution < -0.4 is 15.4 Å². The summed E-state index contributed by atoms with van der Waals surface area (Å²) in [6.45, 7) is 3.98. The molecule has 1 unspecified atom stereocenters. The van der Waals surface area contributed by atoms with E-state index < -0.39 is 12.0 Å². The van der Waals surface area contributed by atoms with Crippen molar-refractivity contribution < 1.29 is 19.1 Å². The highest BCUT2D eigenvalue weighted by Gasteiger charge is 2.33. The van der Waals surface area contributed by atoms with Gasteiger partial charge in [-0.2, -0.15) is 0 Å². The molecule has 3 rings (SSSR count). The van der Waals surface area contributed by atoms with E-state index in [4.69, 9.17) is 21.1 Å². The van der Waals surface area contributed by atoms with Crippen LogP contribution in [-0.2, 0) is 16.1 Å². The molecule has 0 radical (unpaired) electrons. The first-order valence-corrected chi connectivity index (χ1v) is 9.43. The summed E-state index contributed by atoms with van der Waals surface area (Å²) in [6, 6.07) is 8.28. The lowest BCUT2D eigenvalue weighted by molar-refractivity contribution is -0.136. The molecule has 1 aromatic carbocycles. The molecule has 0 spiro atoms. The highest BCUT2D eigenvalue weighted by molar-refractivity contribution is 7.12. The first-order valence-electron chi connectivity index (χ1n) is 8.23. The molecule has 2 N–H and O–H groups in total. The Labute approximate surface area is 166 Å². The van der Waals surface area contributed by atoms with E-state index in [1.165, 1.54) is 18.4 Å². The van der Waals surface area contributed by atoms with E-state index in [1.807, 2.05) is 25.1 Å². The molecule has 0 saturated heterocycles. The number of esters is 1. The van der Waals surface area contributed by atoms with Gasteiger partial charge in [-0.1, -0.05) is 23.7 Å². The van der Waals surface area contributed by atoms with Gasteiger partial charge in [-0.15, -0.1) is 11.3 Å². The Bertz CT molecular complexity index is 922. The Morgan fingerprint density at radius 2 is 2.04 bits per heavy atom. The molecule has 2 heterocycles. The third-order valence-electron chi connectivity index (χ3n) is 4.22. The zero-order valence-corrected chi connectivity index (χ0v) is 16.7. The van der Waals surface area contributed by atoms with Crippen molar-refractivity contribution in [3.63, 3.8) is 0 Å². The molecule has 1 aliphatic rings. The van der Waals surface area contributed by atoms with Gasteiger partial charge in [0.2, 0.25) is 0 Å². The van der Waals surface area contributed by atoms with Crippen molar-refractivity contribution >= 4 is 34.9 Å². The molecule has 8 heteroatoms. The number of rotatable bonds is 5. The van der Waals surface area contributed by atoms with Crippen molar-refractivity contribution in [1.29, 1.82) is 0 Å². The number of hydrogen-bond donors (Lipinski definition) is 2. The number of para-hydroxylation sites is 1. The monoisotopic (exact) mass is 406 g/mol. The molecule has 2 amide bonds. The van der Waals surface area contributed by atoms with Crippen molar-refractivity contribution in [2.24, 2.45) is 0 Å². The summed E-state index contributed by atoms with van der Waals surface area (Å²) in [5.41, 5.74) is 1.83. The molecule has 6 nitrogen and oxygen atoms in total. The van der Waals surface area contributed by atoms with Gasteiger partial charge in [0, 0.05) is 21.0 Å². The number of aryl methyl sites for hydroxylation is 1. The average molecular weight is 407 g/mol. The first-order chi connectivity index (χ1) is 12.9.